The number of imidazole rings is 1. The molecule has 1 aliphatic rings. The van der Waals surface area contributed by atoms with Crippen LogP contribution in [0.3, 0.4) is 0 Å². The van der Waals surface area contributed by atoms with Crippen molar-refractivity contribution in [3.05, 3.63) is 25.3 Å². The van der Waals surface area contributed by atoms with Crippen molar-refractivity contribution in [3.63, 3.8) is 0 Å². The molecule has 0 saturated carbocycles. The van der Waals surface area contributed by atoms with Crippen LogP contribution in [-0.4, -0.2) is 61.3 Å². The molecule has 0 bridgehead atoms. The van der Waals surface area contributed by atoms with E-state index in [1.807, 2.05) is 0 Å². The molecule has 0 aromatic carbocycles. The van der Waals surface area contributed by atoms with Crippen LogP contribution in [0.25, 0.3) is 11.2 Å². The lowest BCUT2D eigenvalue weighted by Gasteiger charge is -2.21. The Morgan fingerprint density at radius 2 is 2.27 bits per heavy atom. The summed E-state index contributed by atoms with van der Waals surface area (Å²) < 4.78 is 12.9. The number of hydrogen-bond acceptors (Lipinski definition) is 8. The lowest BCUT2D eigenvalue weighted by atomic mass is 10.1. The Morgan fingerprint density at radius 1 is 1.45 bits per heavy atom. The number of nitrogens with two attached hydrogens (primary N) is 1. The molecule has 0 aliphatic carbocycles. The van der Waals surface area contributed by atoms with Gasteiger partial charge in [0.05, 0.1) is 19.5 Å². The summed E-state index contributed by atoms with van der Waals surface area (Å²) in [5, 5.41) is 19.6. The van der Waals surface area contributed by atoms with Crippen LogP contribution in [0.1, 0.15) is 6.23 Å². The maximum Gasteiger partial charge on any atom is 0.167 e. The van der Waals surface area contributed by atoms with E-state index in [2.05, 4.69) is 21.5 Å². The molecule has 1 saturated heterocycles. The van der Waals surface area contributed by atoms with Crippen molar-refractivity contribution < 1.29 is 19.7 Å². The van der Waals surface area contributed by atoms with E-state index in [1.165, 1.54) is 12.7 Å². The highest BCUT2D eigenvalue weighted by molar-refractivity contribution is 5.81. The molecule has 3 rings (SSSR count). The molecule has 4 N–H and O–H groups in total. The van der Waals surface area contributed by atoms with Gasteiger partial charge in [0.2, 0.25) is 0 Å². The number of aliphatic hydroxyl groups is 2. The van der Waals surface area contributed by atoms with Crippen molar-refractivity contribution in [2.24, 2.45) is 0 Å². The number of rotatable bonds is 5. The topological polar surface area (TPSA) is 129 Å². The van der Waals surface area contributed by atoms with Crippen molar-refractivity contribution >= 4 is 17.0 Å². The summed E-state index contributed by atoms with van der Waals surface area (Å²) in [5.74, 6) is 0.254. The highest BCUT2D eigenvalue weighted by atomic mass is 16.6. The maximum atomic E-state index is 10.2. The van der Waals surface area contributed by atoms with E-state index in [9.17, 15) is 10.2 Å². The van der Waals surface area contributed by atoms with Gasteiger partial charge in [0.25, 0.3) is 0 Å². The first-order valence-corrected chi connectivity index (χ1v) is 6.77. The zero-order valence-corrected chi connectivity index (χ0v) is 11.7. The first-order chi connectivity index (χ1) is 10.7. The number of nitrogen functional groups attached to an aromatic ring is 1. The predicted octanol–water partition coefficient (Wildman–Crippen LogP) is -0.770. The van der Waals surface area contributed by atoms with Crippen LogP contribution in [0.5, 0.6) is 0 Å². The average molecular weight is 307 g/mol. The molecule has 1 aliphatic heterocycles. The van der Waals surface area contributed by atoms with Crippen LogP contribution in [0.4, 0.5) is 5.82 Å². The van der Waals surface area contributed by atoms with Gasteiger partial charge in [0.15, 0.2) is 17.7 Å². The van der Waals surface area contributed by atoms with Gasteiger partial charge in [-0.05, 0) is 0 Å². The number of anilines is 1. The second-order valence-electron chi connectivity index (χ2n) is 4.91. The summed E-state index contributed by atoms with van der Waals surface area (Å²) in [6.45, 7) is 3.50. The fraction of sp³-hybridized carbons (Fsp3) is 0.462. The van der Waals surface area contributed by atoms with Gasteiger partial charge in [-0.2, -0.15) is 0 Å². The number of aromatic nitrogens is 4. The fourth-order valence-corrected chi connectivity index (χ4v) is 2.51. The minimum Gasteiger partial charge on any atom is -0.394 e. The average Bonchev–Trinajstić information content (AvgIpc) is 3.07. The van der Waals surface area contributed by atoms with E-state index in [0.29, 0.717) is 11.2 Å². The molecular formula is C13H17N5O4. The summed E-state index contributed by atoms with van der Waals surface area (Å²) in [6, 6.07) is 0. The third kappa shape index (κ3) is 2.33. The van der Waals surface area contributed by atoms with Gasteiger partial charge < -0.3 is 25.4 Å². The fourth-order valence-electron chi connectivity index (χ4n) is 2.51. The van der Waals surface area contributed by atoms with Crippen LogP contribution in [-0.2, 0) is 9.47 Å². The molecule has 9 nitrogen and oxygen atoms in total. The Bertz CT molecular complexity index is 675. The van der Waals surface area contributed by atoms with Gasteiger partial charge in [-0.15, -0.1) is 6.58 Å². The third-order valence-corrected chi connectivity index (χ3v) is 3.56. The van der Waals surface area contributed by atoms with Gasteiger partial charge in [0, 0.05) is 0 Å². The number of nitrogens with zero attached hydrogens (tertiary/aromatic N) is 4. The molecule has 0 radical (unpaired) electrons. The van der Waals surface area contributed by atoms with Gasteiger partial charge in [-0.25, -0.2) is 15.0 Å². The lowest BCUT2D eigenvalue weighted by Crippen LogP contribution is -2.35. The summed E-state index contributed by atoms with van der Waals surface area (Å²) in [4.78, 5) is 12.2. The summed E-state index contributed by atoms with van der Waals surface area (Å²) in [7, 11) is 0. The van der Waals surface area contributed by atoms with E-state index in [-0.39, 0.29) is 19.0 Å². The second kappa shape index (κ2) is 5.97. The van der Waals surface area contributed by atoms with E-state index < -0.39 is 24.5 Å². The highest BCUT2D eigenvalue weighted by Crippen LogP contribution is 2.33. The Hall–Kier alpha value is -2.07. The molecule has 118 valence electrons. The predicted molar refractivity (Wildman–Crippen MR) is 76.7 cm³/mol. The molecule has 0 unspecified atom stereocenters. The number of hydrogen-bond donors (Lipinski definition) is 3. The van der Waals surface area contributed by atoms with Gasteiger partial charge in [-0.1, -0.05) is 6.08 Å². The Kier molecular flexibility index (Phi) is 4.03. The molecule has 2 aromatic heterocycles. The van der Waals surface area contributed by atoms with E-state index >= 15 is 0 Å². The van der Waals surface area contributed by atoms with Crippen LogP contribution < -0.4 is 5.73 Å². The first kappa shape index (κ1) is 14.9. The highest BCUT2D eigenvalue weighted by Gasteiger charge is 2.45. The number of fused-ring (bicyclic) bond motifs is 1. The van der Waals surface area contributed by atoms with Crippen molar-refractivity contribution in [2.45, 2.75) is 24.5 Å². The van der Waals surface area contributed by atoms with Crippen molar-refractivity contribution in [3.8, 4) is 0 Å². The molecule has 22 heavy (non-hydrogen) atoms. The van der Waals surface area contributed by atoms with Gasteiger partial charge >= 0.3 is 0 Å². The molecule has 3 heterocycles. The first-order valence-electron chi connectivity index (χ1n) is 6.77. The van der Waals surface area contributed by atoms with Crippen LogP contribution in [0, 0.1) is 0 Å². The largest absolute Gasteiger partial charge is 0.394 e. The number of aliphatic hydroxyl groups excluding tert-OH is 2. The Morgan fingerprint density at radius 3 is 3.00 bits per heavy atom. The van der Waals surface area contributed by atoms with Crippen LogP contribution in [0.15, 0.2) is 25.3 Å². The molecule has 2 aromatic rings. The third-order valence-electron chi connectivity index (χ3n) is 3.56. The van der Waals surface area contributed by atoms with Crippen molar-refractivity contribution in [1.82, 2.24) is 19.5 Å². The Labute approximate surface area is 126 Å². The van der Waals surface area contributed by atoms with Crippen molar-refractivity contribution in [2.75, 3.05) is 18.9 Å². The van der Waals surface area contributed by atoms with E-state index in [1.54, 1.807) is 10.6 Å². The lowest BCUT2D eigenvalue weighted by molar-refractivity contribution is -0.0645. The zero-order valence-electron chi connectivity index (χ0n) is 11.7. The second-order valence-corrected chi connectivity index (χ2v) is 4.91. The molecule has 9 heteroatoms. The van der Waals surface area contributed by atoms with Crippen LogP contribution >= 0.6 is 0 Å². The molecule has 0 spiro atoms. The summed E-state index contributed by atoms with van der Waals surface area (Å²) in [5.41, 5.74) is 6.67. The molecule has 4 atom stereocenters. The molecule has 1 fully saturated rings. The van der Waals surface area contributed by atoms with Crippen molar-refractivity contribution in [1.29, 1.82) is 0 Å². The quantitative estimate of drug-likeness (QED) is 0.614. The van der Waals surface area contributed by atoms with E-state index in [0.717, 1.165) is 0 Å². The normalized spacial score (nSPS) is 28.3. The Balaban J connectivity index is 1.99. The van der Waals surface area contributed by atoms with Gasteiger partial charge in [0.1, 0.15) is 30.2 Å². The zero-order chi connectivity index (χ0) is 15.7. The van der Waals surface area contributed by atoms with Crippen LogP contribution in [0.2, 0.25) is 0 Å². The minimum atomic E-state index is -0.980. The van der Waals surface area contributed by atoms with Gasteiger partial charge in [-0.3, -0.25) is 4.57 Å². The standard InChI is InChI=1S/C13H17N5O4/c1-2-3-21-10-9(20)7(4-19)22-13(10)18-6-17-8-11(14)15-5-16-12(8)18/h2,5-7,9-10,13,19-20H,1,3-4H2,(H2,14,15,16)/t7-,9-,10-,13-/m1/s1. The minimum absolute atomic E-state index is 0.240. The summed E-state index contributed by atoms with van der Waals surface area (Å²) in [6.07, 6.45) is 1.28. The smallest absolute Gasteiger partial charge is 0.167 e. The maximum absolute atomic E-state index is 10.2. The summed E-state index contributed by atoms with van der Waals surface area (Å²) >= 11 is 0. The monoisotopic (exact) mass is 307 g/mol. The molecule has 0 amide bonds. The SMILES string of the molecule is C=CCO[C@@H]1[C@H](O)[C@@H](CO)O[C@H]1n1cnc2c(N)ncnc21. The molecular weight excluding hydrogens is 290 g/mol. The number of ether oxygens (including phenoxy) is 2. The van der Waals surface area contributed by atoms with E-state index in [4.69, 9.17) is 15.2 Å².